The van der Waals surface area contributed by atoms with Gasteiger partial charge in [-0.2, -0.15) is 0 Å². The topological polar surface area (TPSA) is 71.2 Å². The summed E-state index contributed by atoms with van der Waals surface area (Å²) in [6.07, 6.45) is 0.732. The lowest BCUT2D eigenvalue weighted by Gasteiger charge is -2.09. The van der Waals surface area contributed by atoms with Gasteiger partial charge in [0.05, 0.1) is 5.01 Å². The Bertz CT molecular complexity index is 337. The van der Waals surface area contributed by atoms with E-state index in [1.807, 2.05) is 19.0 Å². The standard InChI is InChI=1S/C10H18N4OS/c1-14(2)6-5-12-10(15)8-7-16-9(13-8)3-4-11/h7H,3-6,11H2,1-2H3,(H,12,15). The summed E-state index contributed by atoms with van der Waals surface area (Å²) in [4.78, 5) is 17.9. The van der Waals surface area contributed by atoms with Crippen LogP contribution in [0.5, 0.6) is 0 Å². The minimum absolute atomic E-state index is 0.110. The SMILES string of the molecule is CN(C)CCNC(=O)c1csc(CCN)n1. The molecule has 0 fully saturated rings. The first-order valence-corrected chi connectivity index (χ1v) is 6.09. The van der Waals surface area contributed by atoms with Gasteiger partial charge >= 0.3 is 0 Å². The minimum atomic E-state index is -0.110. The highest BCUT2D eigenvalue weighted by atomic mass is 32.1. The average molecular weight is 242 g/mol. The molecule has 0 radical (unpaired) electrons. The number of thiazole rings is 1. The van der Waals surface area contributed by atoms with Crippen LogP contribution in [0.2, 0.25) is 0 Å². The zero-order valence-corrected chi connectivity index (χ0v) is 10.5. The summed E-state index contributed by atoms with van der Waals surface area (Å²) in [5.41, 5.74) is 5.91. The predicted molar refractivity (Wildman–Crippen MR) is 65.8 cm³/mol. The Hall–Kier alpha value is -0.980. The third kappa shape index (κ3) is 4.26. The number of aromatic nitrogens is 1. The van der Waals surface area contributed by atoms with Crippen LogP contribution in [0, 0.1) is 0 Å². The van der Waals surface area contributed by atoms with Gasteiger partial charge in [0.15, 0.2) is 0 Å². The molecule has 0 aliphatic heterocycles. The minimum Gasteiger partial charge on any atom is -0.349 e. The van der Waals surface area contributed by atoms with Crippen LogP contribution in [-0.2, 0) is 6.42 Å². The van der Waals surface area contributed by atoms with E-state index in [1.165, 1.54) is 11.3 Å². The molecule has 3 N–H and O–H groups in total. The van der Waals surface area contributed by atoms with E-state index in [2.05, 4.69) is 10.3 Å². The molecule has 1 amide bonds. The van der Waals surface area contributed by atoms with Crippen LogP contribution in [-0.4, -0.2) is 49.5 Å². The molecule has 90 valence electrons. The zero-order valence-electron chi connectivity index (χ0n) is 9.69. The highest BCUT2D eigenvalue weighted by Gasteiger charge is 2.09. The highest BCUT2D eigenvalue weighted by Crippen LogP contribution is 2.09. The molecule has 0 saturated carbocycles. The molecule has 1 aromatic heterocycles. The first-order valence-electron chi connectivity index (χ1n) is 5.21. The van der Waals surface area contributed by atoms with Crippen molar-refractivity contribution in [1.29, 1.82) is 0 Å². The van der Waals surface area contributed by atoms with Crippen molar-refractivity contribution in [2.75, 3.05) is 33.7 Å². The fourth-order valence-electron chi connectivity index (χ4n) is 1.14. The molecule has 0 aliphatic rings. The van der Waals surface area contributed by atoms with Gasteiger partial charge in [-0.3, -0.25) is 4.79 Å². The van der Waals surface area contributed by atoms with E-state index in [0.29, 0.717) is 18.8 Å². The van der Waals surface area contributed by atoms with E-state index >= 15 is 0 Å². The summed E-state index contributed by atoms with van der Waals surface area (Å²) in [6, 6.07) is 0. The van der Waals surface area contributed by atoms with Gasteiger partial charge in [0.25, 0.3) is 5.91 Å². The van der Waals surface area contributed by atoms with Crippen LogP contribution in [0.15, 0.2) is 5.38 Å². The van der Waals surface area contributed by atoms with E-state index < -0.39 is 0 Å². The summed E-state index contributed by atoms with van der Waals surface area (Å²) < 4.78 is 0. The van der Waals surface area contributed by atoms with Crippen LogP contribution in [0.25, 0.3) is 0 Å². The lowest BCUT2D eigenvalue weighted by molar-refractivity contribution is 0.0946. The summed E-state index contributed by atoms with van der Waals surface area (Å²) in [5, 5.41) is 5.51. The Morgan fingerprint density at radius 3 is 3.00 bits per heavy atom. The third-order valence-corrected chi connectivity index (χ3v) is 2.90. The van der Waals surface area contributed by atoms with Crippen LogP contribution in [0.3, 0.4) is 0 Å². The number of nitrogens with zero attached hydrogens (tertiary/aromatic N) is 2. The molecule has 1 rings (SSSR count). The van der Waals surface area contributed by atoms with Crippen LogP contribution >= 0.6 is 11.3 Å². The molecule has 0 spiro atoms. The van der Waals surface area contributed by atoms with E-state index in [0.717, 1.165) is 18.0 Å². The maximum absolute atomic E-state index is 11.6. The van der Waals surface area contributed by atoms with Crippen molar-refractivity contribution >= 4 is 17.2 Å². The first kappa shape index (κ1) is 13.1. The summed E-state index contributed by atoms with van der Waals surface area (Å²) in [5.74, 6) is -0.110. The normalized spacial score (nSPS) is 10.8. The lowest BCUT2D eigenvalue weighted by Crippen LogP contribution is -2.31. The van der Waals surface area contributed by atoms with Gasteiger partial charge < -0.3 is 16.0 Å². The summed E-state index contributed by atoms with van der Waals surface area (Å²) in [6.45, 7) is 2.02. The highest BCUT2D eigenvalue weighted by molar-refractivity contribution is 7.09. The molecule has 5 nitrogen and oxygen atoms in total. The van der Waals surface area contributed by atoms with E-state index in [1.54, 1.807) is 5.38 Å². The summed E-state index contributed by atoms with van der Waals surface area (Å²) in [7, 11) is 3.93. The maximum atomic E-state index is 11.6. The number of amides is 1. The maximum Gasteiger partial charge on any atom is 0.270 e. The molecule has 0 bridgehead atoms. The molecule has 16 heavy (non-hydrogen) atoms. The van der Waals surface area contributed by atoms with Gasteiger partial charge in [-0.05, 0) is 20.6 Å². The molecular weight excluding hydrogens is 224 g/mol. The van der Waals surface area contributed by atoms with Crippen molar-refractivity contribution in [3.63, 3.8) is 0 Å². The molecule has 0 aromatic carbocycles. The van der Waals surface area contributed by atoms with Gasteiger partial charge in [0, 0.05) is 24.9 Å². The molecule has 0 aliphatic carbocycles. The number of carbonyl (C=O) groups is 1. The van der Waals surface area contributed by atoms with Crippen molar-refractivity contribution in [2.45, 2.75) is 6.42 Å². The van der Waals surface area contributed by atoms with Gasteiger partial charge in [0.1, 0.15) is 5.69 Å². The van der Waals surface area contributed by atoms with E-state index in [4.69, 9.17) is 5.73 Å². The molecule has 0 saturated heterocycles. The third-order valence-electron chi connectivity index (χ3n) is 1.99. The number of rotatable bonds is 6. The number of hydrogen-bond donors (Lipinski definition) is 2. The number of nitrogens with one attached hydrogen (secondary N) is 1. The number of hydrogen-bond acceptors (Lipinski definition) is 5. The van der Waals surface area contributed by atoms with Crippen LogP contribution in [0.1, 0.15) is 15.5 Å². The quantitative estimate of drug-likeness (QED) is 0.733. The van der Waals surface area contributed by atoms with Crippen molar-refractivity contribution in [1.82, 2.24) is 15.2 Å². The van der Waals surface area contributed by atoms with E-state index in [-0.39, 0.29) is 5.91 Å². The van der Waals surface area contributed by atoms with Gasteiger partial charge in [0.2, 0.25) is 0 Å². The molecule has 0 unspecified atom stereocenters. The Morgan fingerprint density at radius 2 is 2.38 bits per heavy atom. The second-order valence-electron chi connectivity index (χ2n) is 3.72. The van der Waals surface area contributed by atoms with Gasteiger partial charge in [-0.25, -0.2) is 4.98 Å². The Kier molecular flexibility index (Phi) is 5.37. The Morgan fingerprint density at radius 1 is 1.62 bits per heavy atom. The van der Waals surface area contributed by atoms with E-state index in [9.17, 15) is 4.79 Å². The fourth-order valence-corrected chi connectivity index (χ4v) is 1.93. The Balaban J connectivity index is 2.40. The Labute approximate surface area is 99.7 Å². The van der Waals surface area contributed by atoms with Gasteiger partial charge in [-0.1, -0.05) is 0 Å². The monoisotopic (exact) mass is 242 g/mol. The van der Waals surface area contributed by atoms with Crippen molar-refractivity contribution in [2.24, 2.45) is 5.73 Å². The smallest absolute Gasteiger partial charge is 0.270 e. The second kappa shape index (κ2) is 6.57. The van der Waals surface area contributed by atoms with Crippen molar-refractivity contribution in [3.8, 4) is 0 Å². The largest absolute Gasteiger partial charge is 0.349 e. The zero-order chi connectivity index (χ0) is 12.0. The molecule has 6 heteroatoms. The molecule has 1 heterocycles. The van der Waals surface area contributed by atoms with Crippen LogP contribution < -0.4 is 11.1 Å². The molecule has 1 aromatic rings. The summed E-state index contributed by atoms with van der Waals surface area (Å²) >= 11 is 1.48. The average Bonchev–Trinajstić information content (AvgIpc) is 2.66. The number of likely N-dealkylation sites (N-methyl/N-ethyl adjacent to an activating group) is 1. The van der Waals surface area contributed by atoms with Gasteiger partial charge in [-0.15, -0.1) is 11.3 Å². The molecule has 0 atom stereocenters. The first-order chi connectivity index (χ1) is 7.63. The number of nitrogens with two attached hydrogens (primary N) is 1. The van der Waals surface area contributed by atoms with Crippen LogP contribution in [0.4, 0.5) is 0 Å². The lowest BCUT2D eigenvalue weighted by atomic mass is 10.4. The molecular formula is C10H18N4OS. The van der Waals surface area contributed by atoms with Crippen molar-refractivity contribution in [3.05, 3.63) is 16.1 Å². The number of carbonyl (C=O) groups excluding carboxylic acids is 1. The fraction of sp³-hybridized carbons (Fsp3) is 0.600. The predicted octanol–water partition coefficient (Wildman–Crippen LogP) is -0.0643. The second-order valence-corrected chi connectivity index (χ2v) is 4.67. The van der Waals surface area contributed by atoms with Crippen molar-refractivity contribution < 1.29 is 4.79 Å².